The molecule has 1 amide bonds. The van der Waals surface area contributed by atoms with Crippen molar-refractivity contribution in [1.29, 1.82) is 0 Å². The lowest BCUT2D eigenvalue weighted by atomic mass is 10.1. The van der Waals surface area contributed by atoms with Gasteiger partial charge in [-0.1, -0.05) is 18.2 Å². The Hall–Kier alpha value is -1.79. The second-order valence-electron chi connectivity index (χ2n) is 4.13. The minimum absolute atomic E-state index is 0.167. The summed E-state index contributed by atoms with van der Waals surface area (Å²) in [6, 6.07) is 3.51. The predicted molar refractivity (Wildman–Crippen MR) is 72.1 cm³/mol. The summed E-state index contributed by atoms with van der Waals surface area (Å²) in [7, 11) is 1.39. The smallest absolute Gasteiger partial charge is 0.249 e. The highest BCUT2D eigenvalue weighted by Gasteiger charge is 2.18. The molecule has 20 heavy (non-hydrogen) atoms. The van der Waals surface area contributed by atoms with Crippen LogP contribution in [0, 0.1) is 11.6 Å². The molecule has 0 aliphatic heterocycles. The highest BCUT2D eigenvalue weighted by Crippen LogP contribution is 2.11. The van der Waals surface area contributed by atoms with E-state index in [1.807, 2.05) is 0 Å². The fourth-order valence-electron chi connectivity index (χ4n) is 1.62. The van der Waals surface area contributed by atoms with Crippen LogP contribution in [0.2, 0.25) is 0 Å². The van der Waals surface area contributed by atoms with E-state index in [4.69, 9.17) is 10.5 Å². The fourth-order valence-corrected chi connectivity index (χ4v) is 1.62. The first kappa shape index (κ1) is 16.3. The molecule has 0 saturated heterocycles. The predicted octanol–water partition coefficient (Wildman–Crippen LogP) is 1.15. The number of nitrogens with one attached hydrogen (secondary N) is 1. The lowest BCUT2D eigenvalue weighted by Gasteiger charge is -2.14. The van der Waals surface area contributed by atoms with E-state index in [0.29, 0.717) is 18.7 Å². The number of benzene rings is 1. The molecule has 0 saturated carbocycles. The summed E-state index contributed by atoms with van der Waals surface area (Å²) < 4.78 is 31.0. The molecule has 4 nitrogen and oxygen atoms in total. The Kier molecular flexibility index (Phi) is 6.83. The van der Waals surface area contributed by atoms with Crippen LogP contribution in [-0.4, -0.2) is 32.2 Å². The molecule has 0 radical (unpaired) electrons. The normalized spacial score (nSPS) is 12.6. The van der Waals surface area contributed by atoms with Gasteiger partial charge < -0.3 is 15.8 Å². The maximum Gasteiger partial charge on any atom is 0.249 e. The van der Waals surface area contributed by atoms with E-state index in [1.54, 1.807) is 12.2 Å². The third kappa shape index (κ3) is 5.07. The summed E-state index contributed by atoms with van der Waals surface area (Å²) in [5, 5.41) is 2.64. The Morgan fingerprint density at radius 2 is 2.15 bits per heavy atom. The largest absolute Gasteiger partial charge is 0.371 e. The van der Waals surface area contributed by atoms with E-state index in [-0.39, 0.29) is 12.3 Å². The van der Waals surface area contributed by atoms with Crippen molar-refractivity contribution in [3.63, 3.8) is 0 Å². The van der Waals surface area contributed by atoms with Gasteiger partial charge in [0.25, 0.3) is 0 Å². The van der Waals surface area contributed by atoms with Crippen molar-refractivity contribution < 1.29 is 18.3 Å². The highest BCUT2D eigenvalue weighted by molar-refractivity contribution is 5.81. The van der Waals surface area contributed by atoms with Crippen molar-refractivity contribution in [1.82, 2.24) is 5.32 Å². The second-order valence-corrected chi connectivity index (χ2v) is 4.13. The maximum atomic E-state index is 13.1. The monoisotopic (exact) mass is 284 g/mol. The van der Waals surface area contributed by atoms with Crippen molar-refractivity contribution in [3.05, 3.63) is 47.5 Å². The molecule has 0 bridgehead atoms. The highest BCUT2D eigenvalue weighted by atomic mass is 19.2. The first-order valence-electron chi connectivity index (χ1n) is 6.18. The van der Waals surface area contributed by atoms with Crippen LogP contribution in [-0.2, 0) is 16.0 Å². The standard InChI is InChI=1S/C14H18F2N2O2/c1-20-13(14(19)18-7-3-2-6-17)9-10-4-5-11(15)12(16)8-10/h2-5,8,13H,6-7,9,17H2,1H3,(H,18,19). The summed E-state index contributed by atoms with van der Waals surface area (Å²) in [5.41, 5.74) is 5.76. The molecule has 0 aromatic heterocycles. The fraction of sp³-hybridized carbons (Fsp3) is 0.357. The van der Waals surface area contributed by atoms with E-state index in [2.05, 4.69) is 5.32 Å². The maximum absolute atomic E-state index is 13.1. The zero-order valence-electron chi connectivity index (χ0n) is 11.2. The van der Waals surface area contributed by atoms with E-state index >= 15 is 0 Å². The summed E-state index contributed by atoms with van der Waals surface area (Å²) in [6.07, 6.45) is 2.85. The van der Waals surface area contributed by atoms with Gasteiger partial charge in [-0.05, 0) is 17.7 Å². The zero-order chi connectivity index (χ0) is 15.0. The summed E-state index contributed by atoms with van der Waals surface area (Å²) in [5.74, 6) is -2.18. The molecular weight excluding hydrogens is 266 g/mol. The van der Waals surface area contributed by atoms with Crippen molar-refractivity contribution in [2.24, 2.45) is 5.73 Å². The van der Waals surface area contributed by atoms with Gasteiger partial charge in [0, 0.05) is 26.6 Å². The van der Waals surface area contributed by atoms with Gasteiger partial charge in [-0.2, -0.15) is 0 Å². The van der Waals surface area contributed by atoms with Crippen molar-refractivity contribution in [3.8, 4) is 0 Å². The van der Waals surface area contributed by atoms with E-state index in [1.165, 1.54) is 13.2 Å². The van der Waals surface area contributed by atoms with Gasteiger partial charge in [-0.3, -0.25) is 4.79 Å². The average molecular weight is 284 g/mol. The molecule has 0 spiro atoms. The van der Waals surface area contributed by atoms with E-state index in [0.717, 1.165) is 12.1 Å². The molecule has 1 aromatic rings. The number of carbonyl (C=O) groups is 1. The van der Waals surface area contributed by atoms with Gasteiger partial charge in [0.05, 0.1) is 0 Å². The Bertz CT molecular complexity index is 478. The molecular formula is C14H18F2N2O2. The number of amides is 1. The number of hydrogen-bond donors (Lipinski definition) is 2. The molecule has 0 fully saturated rings. The molecule has 1 aromatic carbocycles. The number of halogens is 2. The van der Waals surface area contributed by atoms with Crippen LogP contribution in [0.1, 0.15) is 5.56 Å². The van der Waals surface area contributed by atoms with Crippen molar-refractivity contribution in [2.45, 2.75) is 12.5 Å². The molecule has 3 N–H and O–H groups in total. The van der Waals surface area contributed by atoms with Crippen molar-refractivity contribution in [2.75, 3.05) is 20.2 Å². The van der Waals surface area contributed by atoms with Gasteiger partial charge in [-0.25, -0.2) is 8.78 Å². The number of ether oxygens (including phenoxy) is 1. The lowest BCUT2D eigenvalue weighted by Crippen LogP contribution is -2.37. The van der Waals surface area contributed by atoms with Gasteiger partial charge in [0.15, 0.2) is 11.6 Å². The van der Waals surface area contributed by atoms with Crippen LogP contribution in [0.15, 0.2) is 30.4 Å². The zero-order valence-corrected chi connectivity index (χ0v) is 11.2. The van der Waals surface area contributed by atoms with Crippen LogP contribution in [0.4, 0.5) is 8.78 Å². The number of carbonyl (C=O) groups excluding carboxylic acids is 1. The third-order valence-corrected chi connectivity index (χ3v) is 2.68. The van der Waals surface area contributed by atoms with E-state index in [9.17, 15) is 13.6 Å². The second kappa shape index (κ2) is 8.39. The van der Waals surface area contributed by atoms with E-state index < -0.39 is 17.7 Å². The SMILES string of the molecule is COC(Cc1ccc(F)c(F)c1)C(=O)NCC=CCN. The van der Waals surface area contributed by atoms with Gasteiger partial charge in [-0.15, -0.1) is 0 Å². The summed E-state index contributed by atoms with van der Waals surface area (Å²) in [4.78, 5) is 11.8. The van der Waals surface area contributed by atoms with Crippen LogP contribution in [0.5, 0.6) is 0 Å². The lowest BCUT2D eigenvalue weighted by molar-refractivity contribution is -0.130. The molecule has 1 unspecified atom stereocenters. The summed E-state index contributed by atoms with van der Waals surface area (Å²) >= 11 is 0. The van der Waals surface area contributed by atoms with Crippen LogP contribution in [0.25, 0.3) is 0 Å². The van der Waals surface area contributed by atoms with Crippen molar-refractivity contribution >= 4 is 5.91 Å². The van der Waals surface area contributed by atoms with Crippen LogP contribution >= 0.6 is 0 Å². The molecule has 0 aliphatic rings. The molecule has 0 aliphatic carbocycles. The molecule has 1 rings (SSSR count). The molecule has 110 valence electrons. The Labute approximate surface area is 116 Å². The van der Waals surface area contributed by atoms with Gasteiger partial charge >= 0.3 is 0 Å². The average Bonchev–Trinajstić information content (AvgIpc) is 2.44. The number of methoxy groups -OCH3 is 1. The number of hydrogen-bond acceptors (Lipinski definition) is 3. The molecule has 1 atom stereocenters. The Morgan fingerprint density at radius 1 is 1.40 bits per heavy atom. The molecule has 6 heteroatoms. The molecule has 0 heterocycles. The van der Waals surface area contributed by atoms with Crippen LogP contribution in [0.3, 0.4) is 0 Å². The van der Waals surface area contributed by atoms with Gasteiger partial charge in [0.1, 0.15) is 6.10 Å². The van der Waals surface area contributed by atoms with Gasteiger partial charge in [0.2, 0.25) is 5.91 Å². The first-order chi connectivity index (χ1) is 9.58. The topological polar surface area (TPSA) is 64.3 Å². The number of rotatable bonds is 7. The van der Waals surface area contributed by atoms with Crippen LogP contribution < -0.4 is 11.1 Å². The minimum atomic E-state index is -0.941. The minimum Gasteiger partial charge on any atom is -0.371 e. The summed E-state index contributed by atoms with van der Waals surface area (Å²) in [6.45, 7) is 0.742. The Balaban J connectivity index is 2.59. The third-order valence-electron chi connectivity index (χ3n) is 2.68. The Morgan fingerprint density at radius 3 is 2.75 bits per heavy atom. The number of nitrogens with two attached hydrogens (primary N) is 1. The quantitative estimate of drug-likeness (QED) is 0.738. The first-order valence-corrected chi connectivity index (χ1v) is 6.18.